The number of benzene rings is 2. The molecule has 2 radical (unpaired) electrons. The molecule has 2 heterocycles. The quantitative estimate of drug-likeness (QED) is 0.231. The third-order valence-corrected chi connectivity index (χ3v) is 9.83. The van der Waals surface area contributed by atoms with Gasteiger partial charge in [0.1, 0.15) is 0 Å². The maximum atomic E-state index is 6.91. The molecule has 0 unspecified atom stereocenters. The molecule has 0 N–H and O–H groups in total. The fourth-order valence-corrected chi connectivity index (χ4v) is 6.02. The average molecular weight is 695 g/mol. The Morgan fingerprint density at radius 1 is 0.604 bits per heavy atom. The van der Waals surface area contributed by atoms with Gasteiger partial charge in [-0.3, -0.25) is 0 Å². The molecule has 0 aromatic heterocycles. The van der Waals surface area contributed by atoms with E-state index >= 15 is 0 Å². The molecule has 2 fully saturated rings. The molecule has 0 spiro atoms. The summed E-state index contributed by atoms with van der Waals surface area (Å²) >= 11 is 0. The molecular weight excluding hydrogens is 641 g/mol. The van der Waals surface area contributed by atoms with Gasteiger partial charge in [-0.2, -0.15) is 0 Å². The van der Waals surface area contributed by atoms with Crippen molar-refractivity contribution in [3.05, 3.63) is 121 Å². The van der Waals surface area contributed by atoms with E-state index in [2.05, 4.69) is 125 Å². The van der Waals surface area contributed by atoms with E-state index in [9.17, 15) is 0 Å². The summed E-state index contributed by atoms with van der Waals surface area (Å²) in [5, 5.41) is 0. The van der Waals surface area contributed by atoms with Crippen LogP contribution in [-0.2, 0) is 40.1 Å². The molecule has 5 nitrogen and oxygen atoms in total. The summed E-state index contributed by atoms with van der Waals surface area (Å²) in [5.74, 6) is 0. The molecule has 48 heavy (non-hydrogen) atoms. The van der Waals surface area contributed by atoms with E-state index in [1.54, 1.807) is 0 Å². The molecule has 4 aliphatic rings. The van der Waals surface area contributed by atoms with E-state index in [1.807, 2.05) is 42.9 Å². The Hall–Kier alpha value is -2.16. The van der Waals surface area contributed by atoms with E-state index in [1.165, 1.54) is 0 Å². The van der Waals surface area contributed by atoms with Gasteiger partial charge in [0, 0.05) is 23.2 Å². The predicted octanol–water partition coefficient (Wildman–Crippen LogP) is 9.51. The zero-order valence-corrected chi connectivity index (χ0v) is 32.0. The summed E-state index contributed by atoms with van der Waals surface area (Å²) < 4.78 is 33.9. The van der Waals surface area contributed by atoms with Gasteiger partial charge in [0.2, 0.25) is 0 Å². The molecular formula is C40H54B2CoO5-. The van der Waals surface area contributed by atoms with E-state index < -0.39 is 42.2 Å². The summed E-state index contributed by atoms with van der Waals surface area (Å²) in [6, 6.07) is 21.1. The fraction of sp³-hybridized carbons (Fsp3) is 0.450. The summed E-state index contributed by atoms with van der Waals surface area (Å²) in [6.45, 7) is 23.1. The second-order valence-electron chi connectivity index (χ2n) is 15.5. The molecule has 0 bridgehead atoms. The largest absolute Gasteiger partial charge is 0.493 e. The number of rotatable bonds is 5. The molecule has 260 valence electrons. The van der Waals surface area contributed by atoms with E-state index in [0.29, 0.717) is 6.42 Å². The van der Waals surface area contributed by atoms with E-state index in [4.69, 9.17) is 23.4 Å². The van der Waals surface area contributed by atoms with Gasteiger partial charge in [-0.05, 0) is 116 Å². The average Bonchev–Trinajstić information content (AvgIpc) is 3.66. The molecule has 0 amide bonds. The van der Waals surface area contributed by atoms with Crippen molar-refractivity contribution in [3.8, 4) is 0 Å². The zero-order chi connectivity index (χ0) is 33.5. The SMILES string of the molecule is CC(C)(C)O[C@H]1CC(B2OC(C)(C)C(C)(C)O2)=C(c2ccccc2)C(c2ccccc2)=C1B1OC(C)(C)C(C)(C)O1.[CH3-].[CH]1C=CC=C1.[Co]. The topological polar surface area (TPSA) is 46.2 Å². The summed E-state index contributed by atoms with van der Waals surface area (Å²) in [5.41, 5.74) is 4.04. The van der Waals surface area contributed by atoms with Crippen LogP contribution in [0.25, 0.3) is 11.1 Å². The van der Waals surface area contributed by atoms with Crippen molar-refractivity contribution in [3.63, 3.8) is 0 Å². The third-order valence-electron chi connectivity index (χ3n) is 9.83. The minimum Gasteiger partial charge on any atom is -0.400 e. The molecule has 0 saturated carbocycles. The van der Waals surface area contributed by atoms with Crippen molar-refractivity contribution in [1.29, 1.82) is 0 Å². The Labute approximate surface area is 302 Å². The van der Waals surface area contributed by atoms with Crippen molar-refractivity contribution >= 4 is 25.4 Å². The van der Waals surface area contributed by atoms with Gasteiger partial charge in [-0.1, -0.05) is 85.0 Å². The van der Waals surface area contributed by atoms with E-state index in [-0.39, 0.29) is 30.3 Å². The smallest absolute Gasteiger partial charge is 0.400 e. The van der Waals surface area contributed by atoms with Gasteiger partial charge in [-0.25, -0.2) is 0 Å². The van der Waals surface area contributed by atoms with Crippen LogP contribution in [0.5, 0.6) is 0 Å². The first-order valence-electron chi connectivity index (χ1n) is 16.6. The van der Waals surface area contributed by atoms with E-state index in [0.717, 1.165) is 33.2 Å². The molecule has 2 aliphatic heterocycles. The molecule has 2 aromatic rings. The van der Waals surface area contributed by atoms with Gasteiger partial charge in [0.05, 0.1) is 34.1 Å². The number of hydrogen-bond acceptors (Lipinski definition) is 5. The summed E-state index contributed by atoms with van der Waals surface area (Å²) in [6.07, 6.45) is 10.3. The first kappa shape index (κ1) is 40.3. The summed E-state index contributed by atoms with van der Waals surface area (Å²) in [4.78, 5) is 0. The van der Waals surface area contributed by atoms with Crippen molar-refractivity contribution in [2.24, 2.45) is 0 Å². The Kier molecular flexibility index (Phi) is 12.6. The number of allylic oxidation sites excluding steroid dienone is 6. The van der Waals surface area contributed by atoms with Crippen LogP contribution in [0.2, 0.25) is 0 Å². The third kappa shape index (κ3) is 8.40. The molecule has 2 aliphatic carbocycles. The van der Waals surface area contributed by atoms with Crippen molar-refractivity contribution in [1.82, 2.24) is 0 Å². The predicted molar refractivity (Wildman–Crippen MR) is 197 cm³/mol. The minimum absolute atomic E-state index is 0. The Morgan fingerprint density at radius 3 is 1.38 bits per heavy atom. The zero-order valence-electron chi connectivity index (χ0n) is 31.0. The fourth-order valence-electron chi connectivity index (χ4n) is 6.02. The summed E-state index contributed by atoms with van der Waals surface area (Å²) in [7, 11) is -1.11. The number of hydrogen-bond donors (Lipinski definition) is 0. The van der Waals surface area contributed by atoms with Crippen LogP contribution in [0.15, 0.2) is 95.9 Å². The second kappa shape index (κ2) is 15.0. The first-order chi connectivity index (χ1) is 21.4. The van der Waals surface area contributed by atoms with Gasteiger partial charge in [-0.15, -0.1) is 0 Å². The Morgan fingerprint density at radius 2 is 1.00 bits per heavy atom. The second-order valence-corrected chi connectivity index (χ2v) is 15.5. The monoisotopic (exact) mass is 695 g/mol. The van der Waals surface area contributed by atoms with Crippen molar-refractivity contribution < 1.29 is 40.1 Å². The van der Waals surface area contributed by atoms with Crippen molar-refractivity contribution in [2.75, 3.05) is 0 Å². The van der Waals surface area contributed by atoms with Gasteiger partial charge in [0.25, 0.3) is 0 Å². The molecule has 2 aromatic carbocycles. The van der Waals surface area contributed by atoms with Crippen LogP contribution in [0.1, 0.15) is 93.7 Å². The van der Waals surface area contributed by atoms with Crippen LogP contribution in [-0.4, -0.2) is 48.3 Å². The standard InChI is InChI=1S/C34H46B2O5.C5H5.CH3.Co/c1-30(2,3)37-26-22-25(35-38-31(4,5)32(6,7)39-35)27(23-18-14-12-15-19-23)28(24-20-16-13-17-21-24)29(26)36-40-33(8,9)34(10,11)41-36;1-2-4-5-3-1;;/h12-21,26H,22H2,1-11H3;1-5H;1H3;/q;;-1;/t26-;;;/m0.../s1. The van der Waals surface area contributed by atoms with Crippen LogP contribution < -0.4 is 0 Å². The normalized spacial score (nSPS) is 23.4. The van der Waals surface area contributed by atoms with Crippen molar-refractivity contribution in [2.45, 2.75) is 117 Å². The van der Waals surface area contributed by atoms with Crippen LogP contribution in [0.4, 0.5) is 0 Å². The Balaban J connectivity index is 0.000000818. The Bertz CT molecular complexity index is 1480. The molecule has 6 rings (SSSR count). The van der Waals surface area contributed by atoms with Crippen LogP contribution >= 0.6 is 0 Å². The van der Waals surface area contributed by atoms with Gasteiger partial charge < -0.3 is 30.8 Å². The van der Waals surface area contributed by atoms with Gasteiger partial charge in [0.15, 0.2) is 0 Å². The van der Waals surface area contributed by atoms with Gasteiger partial charge >= 0.3 is 14.2 Å². The molecule has 2 saturated heterocycles. The first-order valence-corrected chi connectivity index (χ1v) is 16.6. The van der Waals surface area contributed by atoms with Crippen LogP contribution in [0.3, 0.4) is 0 Å². The number of ether oxygens (including phenoxy) is 1. The molecule has 1 atom stereocenters. The molecule has 8 heteroatoms. The van der Waals surface area contributed by atoms with Crippen LogP contribution in [0, 0.1) is 13.8 Å². The maximum Gasteiger partial charge on any atom is 0.493 e. The maximum absolute atomic E-state index is 6.91. The minimum atomic E-state index is -0.582.